The maximum absolute atomic E-state index is 12.5. The SMILES string of the molecule is O=C1/C(=C\c2ccccc2)SC(=S)N1CNc1ccc(Br)cc1. The standard InChI is InChI=1S/C17H13BrN2OS2/c18-13-6-8-14(9-7-13)19-11-20-16(21)15(23-17(20)22)10-12-4-2-1-3-5-12/h1-10,19H,11H2/b15-10+. The fourth-order valence-corrected chi connectivity index (χ4v) is 3.59. The molecule has 116 valence electrons. The summed E-state index contributed by atoms with van der Waals surface area (Å²) in [5, 5.41) is 3.22. The zero-order valence-electron chi connectivity index (χ0n) is 12.0. The van der Waals surface area contributed by atoms with Crippen LogP contribution in [0.1, 0.15) is 5.56 Å². The van der Waals surface area contributed by atoms with Gasteiger partial charge in [0.25, 0.3) is 5.91 Å². The molecule has 0 atom stereocenters. The van der Waals surface area contributed by atoms with E-state index < -0.39 is 0 Å². The number of carbonyl (C=O) groups is 1. The van der Waals surface area contributed by atoms with Crippen molar-refractivity contribution in [2.24, 2.45) is 0 Å². The Morgan fingerprint density at radius 3 is 2.52 bits per heavy atom. The number of thiocarbonyl (C=S) groups is 1. The van der Waals surface area contributed by atoms with Crippen LogP contribution >= 0.6 is 39.9 Å². The van der Waals surface area contributed by atoms with Gasteiger partial charge in [0, 0.05) is 10.2 Å². The molecule has 1 aliphatic rings. The molecule has 1 fully saturated rings. The van der Waals surface area contributed by atoms with Gasteiger partial charge in [-0.1, -0.05) is 70.2 Å². The zero-order valence-corrected chi connectivity index (χ0v) is 15.2. The summed E-state index contributed by atoms with van der Waals surface area (Å²) >= 11 is 10.1. The highest BCUT2D eigenvalue weighted by atomic mass is 79.9. The first-order valence-corrected chi connectivity index (χ1v) is 8.95. The number of thioether (sulfide) groups is 1. The van der Waals surface area contributed by atoms with Gasteiger partial charge in [-0.25, -0.2) is 0 Å². The Labute approximate surface area is 152 Å². The third-order valence-corrected chi connectivity index (χ3v) is 5.16. The van der Waals surface area contributed by atoms with Gasteiger partial charge < -0.3 is 5.32 Å². The Balaban J connectivity index is 1.69. The number of hydrogen-bond donors (Lipinski definition) is 1. The fraction of sp³-hybridized carbons (Fsp3) is 0.0588. The molecule has 1 aliphatic heterocycles. The number of rotatable bonds is 4. The van der Waals surface area contributed by atoms with Gasteiger partial charge >= 0.3 is 0 Å². The Morgan fingerprint density at radius 2 is 1.83 bits per heavy atom. The molecule has 1 saturated heterocycles. The topological polar surface area (TPSA) is 32.3 Å². The summed E-state index contributed by atoms with van der Waals surface area (Å²) in [4.78, 5) is 14.7. The van der Waals surface area contributed by atoms with Crippen molar-refractivity contribution in [1.82, 2.24) is 4.90 Å². The molecule has 2 aromatic carbocycles. The third kappa shape index (κ3) is 4.02. The molecule has 0 aliphatic carbocycles. The Morgan fingerprint density at radius 1 is 1.13 bits per heavy atom. The van der Waals surface area contributed by atoms with E-state index in [0.717, 1.165) is 15.7 Å². The predicted molar refractivity (Wildman–Crippen MR) is 104 cm³/mol. The fourth-order valence-electron chi connectivity index (χ4n) is 2.08. The highest BCUT2D eigenvalue weighted by Gasteiger charge is 2.31. The minimum absolute atomic E-state index is 0.0616. The lowest BCUT2D eigenvalue weighted by Gasteiger charge is -2.16. The molecule has 0 saturated carbocycles. The molecule has 3 rings (SSSR count). The predicted octanol–water partition coefficient (Wildman–Crippen LogP) is 4.72. The summed E-state index contributed by atoms with van der Waals surface area (Å²) < 4.78 is 1.58. The summed E-state index contributed by atoms with van der Waals surface area (Å²) in [6.45, 7) is 0.360. The van der Waals surface area contributed by atoms with Crippen LogP contribution in [0.25, 0.3) is 6.08 Å². The van der Waals surface area contributed by atoms with Gasteiger partial charge in [0.15, 0.2) is 0 Å². The van der Waals surface area contributed by atoms with Crippen molar-refractivity contribution in [1.29, 1.82) is 0 Å². The van der Waals surface area contributed by atoms with Gasteiger partial charge in [-0.2, -0.15) is 0 Å². The largest absolute Gasteiger partial charge is 0.367 e. The molecular weight excluding hydrogens is 392 g/mol. The molecule has 0 unspecified atom stereocenters. The average molecular weight is 405 g/mol. The van der Waals surface area contributed by atoms with Gasteiger partial charge in [0.05, 0.1) is 11.6 Å². The van der Waals surface area contributed by atoms with E-state index >= 15 is 0 Å². The first-order chi connectivity index (χ1) is 11.1. The Kier molecular flexibility index (Phi) is 5.15. The first-order valence-electron chi connectivity index (χ1n) is 6.93. The number of hydrogen-bond acceptors (Lipinski definition) is 4. The molecule has 0 radical (unpaired) electrons. The van der Waals surface area contributed by atoms with Crippen molar-refractivity contribution in [3.8, 4) is 0 Å². The second-order valence-corrected chi connectivity index (χ2v) is 7.45. The third-order valence-electron chi connectivity index (χ3n) is 3.26. The van der Waals surface area contributed by atoms with Crippen molar-refractivity contribution >= 4 is 61.9 Å². The van der Waals surface area contributed by atoms with E-state index in [2.05, 4.69) is 21.2 Å². The van der Waals surface area contributed by atoms with Crippen LogP contribution in [0.4, 0.5) is 5.69 Å². The summed E-state index contributed by atoms with van der Waals surface area (Å²) in [5.74, 6) is -0.0616. The van der Waals surface area contributed by atoms with Crippen LogP contribution in [0.2, 0.25) is 0 Å². The molecule has 1 heterocycles. The second kappa shape index (κ2) is 7.29. The maximum Gasteiger partial charge on any atom is 0.267 e. The van der Waals surface area contributed by atoms with E-state index in [0.29, 0.717) is 15.9 Å². The molecule has 2 aromatic rings. The smallest absolute Gasteiger partial charge is 0.267 e. The van der Waals surface area contributed by atoms with Crippen LogP contribution in [-0.4, -0.2) is 21.8 Å². The van der Waals surface area contributed by atoms with Crippen molar-refractivity contribution in [2.45, 2.75) is 0 Å². The molecular formula is C17H13BrN2OS2. The second-order valence-electron chi connectivity index (χ2n) is 4.86. The summed E-state index contributed by atoms with van der Waals surface area (Å²) in [6, 6.07) is 17.6. The average Bonchev–Trinajstić information content (AvgIpc) is 2.82. The van der Waals surface area contributed by atoms with Crippen molar-refractivity contribution in [2.75, 3.05) is 12.0 Å². The van der Waals surface area contributed by atoms with Gasteiger partial charge in [-0.3, -0.25) is 9.69 Å². The van der Waals surface area contributed by atoms with E-state index in [4.69, 9.17) is 12.2 Å². The Bertz CT molecular complexity index is 760. The number of benzene rings is 2. The van der Waals surface area contributed by atoms with Crippen molar-refractivity contribution in [3.05, 3.63) is 69.5 Å². The lowest BCUT2D eigenvalue weighted by atomic mass is 10.2. The van der Waals surface area contributed by atoms with E-state index in [-0.39, 0.29) is 5.91 Å². The highest BCUT2D eigenvalue weighted by Crippen LogP contribution is 2.32. The molecule has 1 amide bonds. The van der Waals surface area contributed by atoms with Gasteiger partial charge in [-0.15, -0.1) is 0 Å². The number of anilines is 1. The molecule has 0 aromatic heterocycles. The summed E-state index contributed by atoms with van der Waals surface area (Å²) in [6.07, 6.45) is 1.87. The number of amides is 1. The summed E-state index contributed by atoms with van der Waals surface area (Å²) in [7, 11) is 0. The van der Waals surface area contributed by atoms with E-state index in [1.165, 1.54) is 11.8 Å². The highest BCUT2D eigenvalue weighted by molar-refractivity contribution is 9.10. The van der Waals surface area contributed by atoms with Crippen LogP contribution < -0.4 is 5.32 Å². The van der Waals surface area contributed by atoms with Crippen LogP contribution in [0.5, 0.6) is 0 Å². The van der Waals surface area contributed by atoms with E-state index in [1.807, 2.05) is 60.7 Å². The minimum atomic E-state index is -0.0616. The van der Waals surface area contributed by atoms with E-state index in [9.17, 15) is 4.79 Å². The molecule has 1 N–H and O–H groups in total. The van der Waals surface area contributed by atoms with Crippen molar-refractivity contribution < 1.29 is 4.79 Å². The maximum atomic E-state index is 12.5. The van der Waals surface area contributed by atoms with Crippen LogP contribution in [0.15, 0.2) is 64.0 Å². The molecule has 0 bridgehead atoms. The molecule has 6 heteroatoms. The van der Waals surface area contributed by atoms with Crippen LogP contribution in [-0.2, 0) is 4.79 Å². The summed E-state index contributed by atoms with van der Waals surface area (Å²) in [5.41, 5.74) is 1.93. The zero-order chi connectivity index (χ0) is 16.2. The lowest BCUT2D eigenvalue weighted by molar-refractivity contribution is -0.121. The van der Waals surface area contributed by atoms with Gasteiger partial charge in [0.1, 0.15) is 4.32 Å². The first kappa shape index (κ1) is 16.2. The number of nitrogens with zero attached hydrogens (tertiary/aromatic N) is 1. The number of carbonyl (C=O) groups excluding carboxylic acids is 1. The lowest BCUT2D eigenvalue weighted by Crippen LogP contribution is -2.33. The van der Waals surface area contributed by atoms with Crippen LogP contribution in [0.3, 0.4) is 0 Å². The molecule has 23 heavy (non-hydrogen) atoms. The monoisotopic (exact) mass is 404 g/mol. The number of nitrogens with one attached hydrogen (secondary N) is 1. The minimum Gasteiger partial charge on any atom is -0.367 e. The molecule has 0 spiro atoms. The normalized spacial score (nSPS) is 16.2. The number of halogens is 1. The quantitative estimate of drug-likeness (QED) is 0.590. The van der Waals surface area contributed by atoms with Crippen molar-refractivity contribution in [3.63, 3.8) is 0 Å². The van der Waals surface area contributed by atoms with E-state index in [1.54, 1.807) is 4.90 Å². The van der Waals surface area contributed by atoms with Crippen LogP contribution in [0, 0.1) is 0 Å². The van der Waals surface area contributed by atoms with Gasteiger partial charge in [0.2, 0.25) is 0 Å². The van der Waals surface area contributed by atoms with Gasteiger partial charge in [-0.05, 0) is 35.9 Å². The molecule has 3 nitrogen and oxygen atoms in total. The Hall–Kier alpha value is -1.63.